The van der Waals surface area contributed by atoms with E-state index in [1.807, 2.05) is 32.0 Å². The van der Waals surface area contributed by atoms with Crippen molar-refractivity contribution in [2.75, 3.05) is 0 Å². The Morgan fingerprint density at radius 2 is 1.66 bits per heavy atom. The van der Waals surface area contributed by atoms with Crippen LogP contribution in [0.25, 0.3) is 10.8 Å². The van der Waals surface area contributed by atoms with E-state index in [1.54, 1.807) is 26.0 Å². The van der Waals surface area contributed by atoms with Crippen LogP contribution in [0.4, 0.5) is 13.2 Å². The number of ether oxygens (including phenoxy) is 1. The topological polar surface area (TPSA) is 75.6 Å². The van der Waals surface area contributed by atoms with E-state index in [0.717, 1.165) is 23.1 Å². The quantitative estimate of drug-likeness (QED) is 0.387. The van der Waals surface area contributed by atoms with Gasteiger partial charge in [0.15, 0.2) is 0 Å². The van der Waals surface area contributed by atoms with Gasteiger partial charge in [-0.2, -0.15) is 13.2 Å². The van der Waals surface area contributed by atoms with Crippen molar-refractivity contribution in [2.24, 2.45) is 5.41 Å². The van der Waals surface area contributed by atoms with Crippen LogP contribution in [0.5, 0.6) is 5.75 Å². The third kappa shape index (κ3) is 5.93. The lowest BCUT2D eigenvalue weighted by atomic mass is 9.81. The van der Waals surface area contributed by atoms with E-state index in [9.17, 15) is 27.9 Å². The monoisotopic (exact) mass is 487 g/mol. The summed E-state index contributed by atoms with van der Waals surface area (Å²) in [5.41, 5.74) is 0.0962. The van der Waals surface area contributed by atoms with Crippen molar-refractivity contribution >= 4 is 22.6 Å². The van der Waals surface area contributed by atoms with Crippen molar-refractivity contribution in [3.05, 3.63) is 76.9 Å². The Labute approximate surface area is 201 Å². The van der Waals surface area contributed by atoms with Gasteiger partial charge in [-0.05, 0) is 54.0 Å². The Morgan fingerprint density at radius 1 is 1.03 bits per heavy atom. The highest BCUT2D eigenvalue weighted by Gasteiger charge is 2.36. The summed E-state index contributed by atoms with van der Waals surface area (Å²) in [7, 11) is 0. The highest BCUT2D eigenvalue weighted by molar-refractivity contribution is 6.05. The molecule has 0 aliphatic rings. The molecule has 0 aromatic heterocycles. The fraction of sp³-hybridized carbons (Fsp3) is 0.333. The zero-order valence-corrected chi connectivity index (χ0v) is 20.0. The van der Waals surface area contributed by atoms with Gasteiger partial charge in [0, 0.05) is 5.39 Å². The Bertz CT molecular complexity index is 1230. The molecule has 0 bridgehead atoms. The molecule has 35 heavy (non-hydrogen) atoms. The molecular formula is C27H28F3NO4. The number of aliphatic carboxylic acids is 1. The molecule has 8 heteroatoms. The second-order valence-electron chi connectivity index (χ2n) is 9.24. The molecular weight excluding hydrogens is 459 g/mol. The Balaban J connectivity index is 1.98. The first-order valence-electron chi connectivity index (χ1n) is 11.2. The van der Waals surface area contributed by atoms with Gasteiger partial charge in [0.1, 0.15) is 18.4 Å². The average molecular weight is 488 g/mol. The minimum atomic E-state index is -4.44. The highest BCUT2D eigenvalue weighted by Crippen LogP contribution is 2.33. The van der Waals surface area contributed by atoms with Gasteiger partial charge in [0.2, 0.25) is 0 Å². The van der Waals surface area contributed by atoms with Crippen LogP contribution in [0.3, 0.4) is 0 Å². The number of halogens is 3. The molecule has 0 unspecified atom stereocenters. The van der Waals surface area contributed by atoms with Crippen molar-refractivity contribution in [3.8, 4) is 5.75 Å². The standard InChI is InChI=1S/C27H28F3NO4/c1-5-26(3,4)23(25(33)34)31-24(32)20-13-10-18-9-6-16(2)14-21(18)22(20)35-15-17-7-11-19(12-8-17)27(28,29)30/h6-14,23H,5,15H2,1-4H3,(H,31,32)(H,33,34)/t23-/m0/s1. The first-order valence-corrected chi connectivity index (χ1v) is 11.2. The van der Waals surface area contributed by atoms with Crippen LogP contribution in [-0.4, -0.2) is 23.0 Å². The predicted molar refractivity (Wildman–Crippen MR) is 127 cm³/mol. The van der Waals surface area contributed by atoms with Crippen LogP contribution >= 0.6 is 0 Å². The second kappa shape index (κ2) is 9.98. The zero-order valence-electron chi connectivity index (χ0n) is 20.0. The minimum Gasteiger partial charge on any atom is -0.487 e. The van der Waals surface area contributed by atoms with E-state index in [0.29, 0.717) is 17.4 Å². The molecule has 0 radical (unpaired) electrons. The lowest BCUT2D eigenvalue weighted by molar-refractivity contribution is -0.142. The van der Waals surface area contributed by atoms with Crippen molar-refractivity contribution in [1.29, 1.82) is 0 Å². The number of carboxylic acids is 1. The van der Waals surface area contributed by atoms with Crippen molar-refractivity contribution < 1.29 is 32.6 Å². The molecule has 3 aromatic rings. The fourth-order valence-corrected chi connectivity index (χ4v) is 3.69. The van der Waals surface area contributed by atoms with Crippen molar-refractivity contribution in [2.45, 2.75) is 52.9 Å². The number of alkyl halides is 3. The maximum atomic E-state index is 13.3. The predicted octanol–water partition coefficient (Wildman–Crippen LogP) is 6.37. The number of carbonyl (C=O) groups excluding carboxylic acids is 1. The number of carbonyl (C=O) groups is 2. The summed E-state index contributed by atoms with van der Waals surface area (Å²) in [6, 6.07) is 12.4. The first-order chi connectivity index (χ1) is 16.3. The lowest BCUT2D eigenvalue weighted by Crippen LogP contribution is -2.50. The molecule has 1 atom stereocenters. The maximum absolute atomic E-state index is 13.3. The van der Waals surface area contributed by atoms with E-state index in [-0.39, 0.29) is 17.9 Å². The summed E-state index contributed by atoms with van der Waals surface area (Å²) in [5.74, 6) is -1.51. The number of hydrogen-bond donors (Lipinski definition) is 2. The van der Waals surface area contributed by atoms with Crippen LogP contribution in [0.15, 0.2) is 54.6 Å². The molecule has 1 amide bonds. The van der Waals surface area contributed by atoms with Gasteiger partial charge in [-0.15, -0.1) is 0 Å². The number of benzene rings is 3. The molecule has 0 heterocycles. The molecule has 0 aliphatic carbocycles. The molecule has 0 saturated heterocycles. The summed E-state index contributed by atoms with van der Waals surface area (Å²) >= 11 is 0. The average Bonchev–Trinajstić information content (AvgIpc) is 2.80. The van der Waals surface area contributed by atoms with E-state index >= 15 is 0 Å². The van der Waals surface area contributed by atoms with Gasteiger partial charge in [0.05, 0.1) is 11.1 Å². The molecule has 3 rings (SSSR count). The summed E-state index contributed by atoms with van der Waals surface area (Å²) in [6.45, 7) is 7.18. The number of fused-ring (bicyclic) bond motifs is 1. The lowest BCUT2D eigenvalue weighted by Gasteiger charge is -2.31. The largest absolute Gasteiger partial charge is 0.487 e. The summed E-state index contributed by atoms with van der Waals surface area (Å²) in [5, 5.41) is 13.8. The third-order valence-corrected chi connectivity index (χ3v) is 6.25. The maximum Gasteiger partial charge on any atom is 0.416 e. The van der Waals surface area contributed by atoms with Crippen LogP contribution in [0, 0.1) is 12.3 Å². The number of nitrogens with one attached hydrogen (secondary N) is 1. The molecule has 0 saturated carbocycles. The smallest absolute Gasteiger partial charge is 0.416 e. The molecule has 0 fully saturated rings. The molecule has 0 spiro atoms. The van der Waals surface area contributed by atoms with Crippen LogP contribution < -0.4 is 10.1 Å². The SMILES string of the molecule is CCC(C)(C)[C@@H](NC(=O)c1ccc2ccc(C)cc2c1OCc1ccc(C(F)(F)F)cc1)C(=O)O. The fourth-order valence-electron chi connectivity index (χ4n) is 3.69. The van der Waals surface area contributed by atoms with Gasteiger partial charge in [-0.3, -0.25) is 4.79 Å². The first kappa shape index (κ1) is 26.1. The van der Waals surface area contributed by atoms with E-state index in [4.69, 9.17) is 4.74 Å². The van der Waals surface area contributed by atoms with Gasteiger partial charge in [0.25, 0.3) is 5.91 Å². The second-order valence-corrected chi connectivity index (χ2v) is 9.24. The number of amides is 1. The Morgan fingerprint density at radius 3 is 2.23 bits per heavy atom. The Hall–Kier alpha value is -3.55. The summed E-state index contributed by atoms with van der Waals surface area (Å²) in [6.07, 6.45) is -3.91. The number of hydrogen-bond acceptors (Lipinski definition) is 3. The Kier molecular flexibility index (Phi) is 7.43. The van der Waals surface area contributed by atoms with Crippen LogP contribution in [-0.2, 0) is 17.6 Å². The number of aryl methyl sites for hydroxylation is 1. The van der Waals surface area contributed by atoms with E-state index in [2.05, 4.69) is 5.32 Å². The third-order valence-electron chi connectivity index (χ3n) is 6.25. The van der Waals surface area contributed by atoms with Gasteiger partial charge >= 0.3 is 12.1 Å². The number of rotatable bonds is 8. The minimum absolute atomic E-state index is 0.0751. The van der Waals surface area contributed by atoms with Crippen LogP contribution in [0.1, 0.15) is 54.2 Å². The van der Waals surface area contributed by atoms with Gasteiger partial charge in [-0.25, -0.2) is 4.79 Å². The van der Waals surface area contributed by atoms with E-state index in [1.165, 1.54) is 12.1 Å². The van der Waals surface area contributed by atoms with Crippen molar-refractivity contribution in [3.63, 3.8) is 0 Å². The molecule has 5 nitrogen and oxygen atoms in total. The molecule has 0 aliphatic heterocycles. The highest BCUT2D eigenvalue weighted by atomic mass is 19.4. The van der Waals surface area contributed by atoms with E-state index < -0.39 is 35.1 Å². The van der Waals surface area contributed by atoms with Gasteiger partial charge in [-0.1, -0.05) is 56.7 Å². The number of carboxylic acid groups (broad SMARTS) is 1. The van der Waals surface area contributed by atoms with Crippen molar-refractivity contribution in [1.82, 2.24) is 5.32 Å². The summed E-state index contributed by atoms with van der Waals surface area (Å²) < 4.78 is 44.6. The van der Waals surface area contributed by atoms with Crippen LogP contribution in [0.2, 0.25) is 0 Å². The molecule has 186 valence electrons. The summed E-state index contributed by atoms with van der Waals surface area (Å²) in [4.78, 5) is 25.2. The zero-order chi connectivity index (χ0) is 26.0. The normalized spacial score (nSPS) is 12.9. The molecule has 2 N–H and O–H groups in total. The van der Waals surface area contributed by atoms with Gasteiger partial charge < -0.3 is 15.2 Å². The molecule has 3 aromatic carbocycles.